The highest BCUT2D eigenvalue weighted by Crippen LogP contribution is 1.82. The summed E-state index contributed by atoms with van der Waals surface area (Å²) in [7, 11) is 0. The molecule has 1 amide bonds. The molecule has 4 heteroatoms. The van der Waals surface area contributed by atoms with Gasteiger partial charge in [0.15, 0.2) is 0 Å². The monoisotopic (exact) mass is 125 g/mol. The molecule has 4 nitrogen and oxygen atoms in total. The summed E-state index contributed by atoms with van der Waals surface area (Å²) in [4.78, 5) is 9.65. The maximum atomic E-state index is 9.65. The van der Waals surface area contributed by atoms with Gasteiger partial charge in [0.25, 0.3) is 0 Å². The van der Waals surface area contributed by atoms with Gasteiger partial charge in [0.05, 0.1) is 12.0 Å². The molecule has 9 heavy (non-hydrogen) atoms. The van der Waals surface area contributed by atoms with E-state index in [9.17, 15) is 4.79 Å². The van der Waals surface area contributed by atoms with Crippen LogP contribution in [-0.2, 0) is 4.79 Å². The molecule has 0 heterocycles. The van der Waals surface area contributed by atoms with Crippen molar-refractivity contribution in [2.24, 2.45) is 5.92 Å². The first-order valence-electron chi connectivity index (χ1n) is 2.42. The minimum Gasteiger partial charge on any atom is -0.357 e. The van der Waals surface area contributed by atoms with Crippen molar-refractivity contribution in [3.05, 3.63) is 0 Å². The topological polar surface area (TPSA) is 76.7 Å². The van der Waals surface area contributed by atoms with Crippen LogP contribution in [0.1, 0.15) is 0 Å². The molecule has 0 aliphatic rings. The average molecular weight is 125 g/mol. The molecule has 2 N–H and O–H groups in total. The van der Waals surface area contributed by atoms with E-state index in [0.29, 0.717) is 6.41 Å². The van der Waals surface area contributed by atoms with Crippen LogP contribution in [0, 0.1) is 22.7 Å². The zero-order chi connectivity index (χ0) is 7.11. The molecule has 0 saturated heterocycles. The van der Waals surface area contributed by atoms with Crippen LogP contribution < -0.4 is 5.32 Å². The molecule has 0 fully saturated rings. The summed E-state index contributed by atoms with van der Waals surface area (Å²) in [5.41, 5.74) is 0. The van der Waals surface area contributed by atoms with E-state index in [1.807, 2.05) is 6.07 Å². The van der Waals surface area contributed by atoms with Gasteiger partial charge in [-0.15, -0.1) is 0 Å². The highest BCUT2D eigenvalue weighted by Gasteiger charge is 1.98. The van der Waals surface area contributed by atoms with E-state index in [1.165, 1.54) is 0 Å². The molecular formula is C5H7N3O. The second-order valence-electron chi connectivity index (χ2n) is 1.43. The zero-order valence-electron chi connectivity index (χ0n) is 4.79. The van der Waals surface area contributed by atoms with E-state index < -0.39 is 5.92 Å². The van der Waals surface area contributed by atoms with E-state index in [2.05, 4.69) is 5.32 Å². The van der Waals surface area contributed by atoms with E-state index in [-0.39, 0.29) is 6.54 Å². The average Bonchev–Trinajstić information content (AvgIpc) is 1.91. The molecule has 1 atom stereocenters. The second-order valence-corrected chi connectivity index (χ2v) is 1.43. The van der Waals surface area contributed by atoms with E-state index in [4.69, 9.17) is 10.7 Å². The molecule has 0 bridgehead atoms. The van der Waals surface area contributed by atoms with Crippen LogP contribution in [0.5, 0.6) is 0 Å². The number of hydrogen-bond donors (Lipinski definition) is 2. The Morgan fingerprint density at radius 1 is 1.89 bits per heavy atom. The molecule has 48 valence electrons. The lowest BCUT2D eigenvalue weighted by Crippen LogP contribution is -2.20. The van der Waals surface area contributed by atoms with Gasteiger partial charge < -0.3 is 10.7 Å². The minimum absolute atomic E-state index is 0.226. The molecule has 0 spiro atoms. The van der Waals surface area contributed by atoms with E-state index in [1.54, 1.807) is 0 Å². The number of nitriles is 1. The summed E-state index contributed by atoms with van der Waals surface area (Å²) >= 11 is 0. The van der Waals surface area contributed by atoms with Crippen LogP contribution in [0.15, 0.2) is 0 Å². The standard InChI is InChI=1S/C5H7N3O/c6-1-5(2-7)3-8-4-9/h1,4-6H,3H2,(H,8,9). The summed E-state index contributed by atoms with van der Waals surface area (Å²) in [6, 6.07) is 1.82. The fourth-order valence-electron chi connectivity index (χ4n) is 0.317. The predicted octanol–water partition coefficient (Wildman–Crippen LogP) is -0.478. The Morgan fingerprint density at radius 2 is 2.56 bits per heavy atom. The van der Waals surface area contributed by atoms with Gasteiger partial charge in [-0.3, -0.25) is 4.79 Å². The Bertz CT molecular complexity index is 138. The zero-order valence-corrected chi connectivity index (χ0v) is 4.79. The summed E-state index contributed by atoms with van der Waals surface area (Å²) in [5.74, 6) is -0.491. The Kier molecular flexibility index (Phi) is 4.05. The summed E-state index contributed by atoms with van der Waals surface area (Å²) in [6.07, 6.45) is 1.50. The fourth-order valence-corrected chi connectivity index (χ4v) is 0.317. The SMILES string of the molecule is N#CC(C=N)CNC=O. The number of carbonyl (C=O) groups is 1. The molecule has 0 saturated carbocycles. The first kappa shape index (κ1) is 7.63. The quantitative estimate of drug-likeness (QED) is 0.393. The Morgan fingerprint density at radius 3 is 2.89 bits per heavy atom. The third-order valence-corrected chi connectivity index (χ3v) is 0.788. The number of nitrogens with one attached hydrogen (secondary N) is 2. The van der Waals surface area contributed by atoms with Gasteiger partial charge in [0.1, 0.15) is 0 Å². The molecule has 0 rings (SSSR count). The largest absolute Gasteiger partial charge is 0.357 e. The van der Waals surface area contributed by atoms with Crippen molar-refractivity contribution in [2.45, 2.75) is 0 Å². The Hall–Kier alpha value is -1.37. The van der Waals surface area contributed by atoms with Gasteiger partial charge in [0.2, 0.25) is 6.41 Å². The fraction of sp³-hybridized carbons (Fsp3) is 0.400. The maximum Gasteiger partial charge on any atom is 0.207 e. The lowest BCUT2D eigenvalue weighted by molar-refractivity contribution is -0.109. The van der Waals surface area contributed by atoms with Crippen molar-refractivity contribution >= 4 is 12.6 Å². The predicted molar refractivity (Wildman–Crippen MR) is 32.0 cm³/mol. The maximum absolute atomic E-state index is 9.65. The number of hydrogen-bond acceptors (Lipinski definition) is 3. The van der Waals surface area contributed by atoms with Crippen molar-refractivity contribution in [3.8, 4) is 6.07 Å². The van der Waals surface area contributed by atoms with Gasteiger partial charge in [-0.2, -0.15) is 5.26 Å². The number of amides is 1. The summed E-state index contributed by atoms with van der Waals surface area (Å²) < 4.78 is 0. The smallest absolute Gasteiger partial charge is 0.207 e. The van der Waals surface area contributed by atoms with Crippen LogP contribution in [0.4, 0.5) is 0 Å². The summed E-state index contributed by atoms with van der Waals surface area (Å²) in [5, 5.41) is 17.1. The lowest BCUT2D eigenvalue weighted by atomic mass is 10.2. The van der Waals surface area contributed by atoms with Gasteiger partial charge >= 0.3 is 0 Å². The number of nitrogens with zero attached hydrogens (tertiary/aromatic N) is 1. The van der Waals surface area contributed by atoms with Crippen LogP contribution in [-0.4, -0.2) is 19.2 Å². The van der Waals surface area contributed by atoms with Gasteiger partial charge in [-0.1, -0.05) is 0 Å². The van der Waals surface area contributed by atoms with E-state index >= 15 is 0 Å². The molecule has 0 aromatic carbocycles. The Balaban J connectivity index is 3.46. The van der Waals surface area contributed by atoms with Crippen molar-refractivity contribution in [1.82, 2.24) is 5.32 Å². The first-order chi connectivity index (χ1) is 4.35. The second kappa shape index (κ2) is 4.78. The van der Waals surface area contributed by atoms with Crippen LogP contribution >= 0.6 is 0 Å². The van der Waals surface area contributed by atoms with Crippen molar-refractivity contribution < 1.29 is 4.79 Å². The number of rotatable bonds is 4. The molecule has 0 aromatic rings. The van der Waals surface area contributed by atoms with Crippen molar-refractivity contribution in [2.75, 3.05) is 6.54 Å². The minimum atomic E-state index is -0.491. The lowest BCUT2D eigenvalue weighted by Gasteiger charge is -1.97. The van der Waals surface area contributed by atoms with Gasteiger partial charge in [0, 0.05) is 12.8 Å². The Labute approximate surface area is 53.0 Å². The summed E-state index contributed by atoms with van der Waals surface area (Å²) in [6.45, 7) is 0.226. The molecule has 0 aromatic heterocycles. The van der Waals surface area contributed by atoms with Crippen LogP contribution in [0.3, 0.4) is 0 Å². The van der Waals surface area contributed by atoms with Crippen molar-refractivity contribution in [3.63, 3.8) is 0 Å². The third-order valence-electron chi connectivity index (χ3n) is 0.788. The van der Waals surface area contributed by atoms with Crippen LogP contribution in [0.25, 0.3) is 0 Å². The molecule has 0 aliphatic heterocycles. The molecule has 0 aliphatic carbocycles. The van der Waals surface area contributed by atoms with Gasteiger partial charge in [-0.25, -0.2) is 0 Å². The highest BCUT2D eigenvalue weighted by atomic mass is 16.1. The highest BCUT2D eigenvalue weighted by molar-refractivity contribution is 5.61. The van der Waals surface area contributed by atoms with Crippen molar-refractivity contribution in [1.29, 1.82) is 10.7 Å². The first-order valence-corrected chi connectivity index (χ1v) is 2.42. The molecule has 1 unspecified atom stereocenters. The normalized spacial score (nSPS) is 11.0. The van der Waals surface area contributed by atoms with E-state index in [0.717, 1.165) is 6.21 Å². The van der Waals surface area contributed by atoms with Crippen LogP contribution in [0.2, 0.25) is 0 Å². The third kappa shape index (κ3) is 3.23. The molecule has 0 radical (unpaired) electrons. The van der Waals surface area contributed by atoms with Gasteiger partial charge in [-0.05, 0) is 0 Å². The molecular weight excluding hydrogens is 118 g/mol. The number of carbonyl (C=O) groups excluding carboxylic acids is 1.